The summed E-state index contributed by atoms with van der Waals surface area (Å²) in [6, 6.07) is 5.60. The third-order valence-corrected chi connectivity index (χ3v) is 7.37. The number of carbonyl (C=O) groups excluding carboxylic acids is 2. The number of imidazole rings is 1. The summed E-state index contributed by atoms with van der Waals surface area (Å²) < 4.78 is 1.81. The first kappa shape index (κ1) is 19.3. The highest BCUT2D eigenvalue weighted by Crippen LogP contribution is 2.73. The van der Waals surface area contributed by atoms with Gasteiger partial charge in [0, 0.05) is 26.2 Å². The maximum atomic E-state index is 12.9. The van der Waals surface area contributed by atoms with E-state index >= 15 is 0 Å². The minimum absolute atomic E-state index is 0.0518. The van der Waals surface area contributed by atoms with Crippen molar-refractivity contribution in [1.82, 2.24) is 14.3 Å². The van der Waals surface area contributed by atoms with Gasteiger partial charge in [0.1, 0.15) is 17.2 Å². The molecule has 3 aliphatic carbocycles. The highest BCUT2D eigenvalue weighted by molar-refractivity contribution is 5.94. The number of nitrogens with zero attached hydrogens (tertiary/aromatic N) is 3. The van der Waals surface area contributed by atoms with Crippen LogP contribution in [0.5, 0.6) is 0 Å². The molecule has 2 amide bonds. The smallest absolute Gasteiger partial charge is 0.273 e. The van der Waals surface area contributed by atoms with Crippen LogP contribution in [-0.4, -0.2) is 39.7 Å². The molecular formula is C24H30N4O2. The first-order chi connectivity index (χ1) is 14.4. The van der Waals surface area contributed by atoms with Crippen LogP contribution in [0.25, 0.3) is 5.65 Å². The molecule has 2 aromatic rings. The zero-order valence-corrected chi connectivity index (χ0v) is 17.9. The van der Waals surface area contributed by atoms with Crippen LogP contribution in [0.2, 0.25) is 0 Å². The van der Waals surface area contributed by atoms with E-state index in [4.69, 9.17) is 0 Å². The monoisotopic (exact) mass is 406 g/mol. The molecule has 158 valence electrons. The van der Waals surface area contributed by atoms with Crippen LogP contribution >= 0.6 is 0 Å². The number of unbranched alkanes of at least 4 members (excludes halogenated alkanes) is 1. The summed E-state index contributed by atoms with van der Waals surface area (Å²) in [5.41, 5.74) is 1.62. The average molecular weight is 407 g/mol. The highest BCUT2D eigenvalue weighted by atomic mass is 16.2. The van der Waals surface area contributed by atoms with Gasteiger partial charge in [0.05, 0.1) is 0 Å². The molecule has 3 unspecified atom stereocenters. The number of fused-ring (bicyclic) bond motifs is 2. The van der Waals surface area contributed by atoms with Gasteiger partial charge in [-0.1, -0.05) is 31.6 Å². The molecule has 5 rings (SSSR count). The van der Waals surface area contributed by atoms with E-state index < -0.39 is 0 Å². The number of pyridine rings is 1. The van der Waals surface area contributed by atoms with Gasteiger partial charge in [-0.3, -0.25) is 14.0 Å². The Labute approximate surface area is 177 Å². The van der Waals surface area contributed by atoms with Gasteiger partial charge < -0.3 is 10.2 Å². The van der Waals surface area contributed by atoms with Crippen molar-refractivity contribution >= 4 is 23.3 Å². The van der Waals surface area contributed by atoms with Crippen molar-refractivity contribution in [2.45, 2.75) is 51.9 Å². The van der Waals surface area contributed by atoms with Crippen LogP contribution in [0.3, 0.4) is 0 Å². The molecule has 0 radical (unpaired) electrons. The minimum Gasteiger partial charge on any atom is -0.340 e. The zero-order valence-electron chi connectivity index (χ0n) is 17.9. The molecule has 2 fully saturated rings. The van der Waals surface area contributed by atoms with Crippen LogP contribution < -0.4 is 5.32 Å². The molecule has 3 atom stereocenters. The number of allylic oxidation sites excluding steroid dienone is 2. The number of hydrogen-bond donors (Lipinski definition) is 1. The summed E-state index contributed by atoms with van der Waals surface area (Å²) in [6.45, 7) is 2.82. The Kier molecular flexibility index (Phi) is 4.49. The van der Waals surface area contributed by atoms with Gasteiger partial charge >= 0.3 is 0 Å². The third-order valence-electron chi connectivity index (χ3n) is 7.37. The van der Waals surface area contributed by atoms with Crippen molar-refractivity contribution in [2.75, 3.05) is 18.9 Å². The lowest BCUT2D eigenvalue weighted by Crippen LogP contribution is -2.28. The van der Waals surface area contributed by atoms with E-state index in [1.54, 1.807) is 11.1 Å². The van der Waals surface area contributed by atoms with Crippen molar-refractivity contribution < 1.29 is 9.59 Å². The Balaban J connectivity index is 1.31. The molecule has 0 aliphatic heterocycles. The standard InChI is InChI=1S/C24H30N4O2/c1-3-4-11-27(2)22(30)18-15-28-19(25-18)7-5-8-20(28)26-21(29)14-23-9-6-10-24(16-23)13-17(24)12-23/h5-8,10,15,17H,3-4,9,11-14,16H2,1-2H3,(H,26,29). The van der Waals surface area contributed by atoms with Crippen molar-refractivity contribution in [3.05, 3.63) is 42.2 Å². The van der Waals surface area contributed by atoms with E-state index in [0.29, 0.717) is 35.5 Å². The molecule has 30 heavy (non-hydrogen) atoms. The zero-order chi connectivity index (χ0) is 20.9. The summed E-state index contributed by atoms with van der Waals surface area (Å²) in [5.74, 6) is 1.42. The fraction of sp³-hybridized carbons (Fsp3) is 0.542. The van der Waals surface area contributed by atoms with E-state index in [1.807, 2.05) is 29.6 Å². The van der Waals surface area contributed by atoms with Gasteiger partial charge in [-0.05, 0) is 61.0 Å². The molecule has 2 bridgehead atoms. The first-order valence-electron chi connectivity index (χ1n) is 11.1. The number of nitrogens with one attached hydrogen (secondary N) is 1. The summed E-state index contributed by atoms with van der Waals surface area (Å²) >= 11 is 0. The lowest BCUT2D eigenvalue weighted by molar-refractivity contribution is -0.118. The summed E-state index contributed by atoms with van der Waals surface area (Å²) in [7, 11) is 1.81. The van der Waals surface area contributed by atoms with Crippen molar-refractivity contribution in [2.24, 2.45) is 16.7 Å². The normalized spacial score (nSPS) is 28.4. The first-order valence-corrected chi connectivity index (χ1v) is 11.1. The number of rotatable bonds is 7. The summed E-state index contributed by atoms with van der Waals surface area (Å²) in [5, 5.41) is 3.09. The fourth-order valence-corrected chi connectivity index (χ4v) is 5.79. The molecule has 6 nitrogen and oxygen atoms in total. The Morgan fingerprint density at radius 2 is 2.20 bits per heavy atom. The van der Waals surface area contributed by atoms with Gasteiger partial charge in [-0.25, -0.2) is 4.98 Å². The molecule has 1 spiro atoms. The van der Waals surface area contributed by atoms with E-state index in [-0.39, 0.29) is 17.2 Å². The largest absolute Gasteiger partial charge is 0.340 e. The van der Waals surface area contributed by atoms with Gasteiger partial charge in [0.2, 0.25) is 5.91 Å². The minimum atomic E-state index is -0.0900. The van der Waals surface area contributed by atoms with Crippen molar-refractivity contribution in [3.63, 3.8) is 0 Å². The molecular weight excluding hydrogens is 376 g/mol. The van der Waals surface area contributed by atoms with E-state index in [9.17, 15) is 9.59 Å². The maximum absolute atomic E-state index is 12.9. The Hall–Kier alpha value is -2.63. The lowest BCUT2D eigenvalue weighted by Gasteiger charge is -2.33. The Morgan fingerprint density at radius 3 is 3.03 bits per heavy atom. The molecule has 2 aromatic heterocycles. The maximum Gasteiger partial charge on any atom is 0.273 e. The molecule has 0 saturated heterocycles. The molecule has 3 aliphatic rings. The molecule has 2 heterocycles. The van der Waals surface area contributed by atoms with E-state index in [0.717, 1.165) is 31.6 Å². The van der Waals surface area contributed by atoms with Crippen LogP contribution in [0.15, 0.2) is 36.5 Å². The molecule has 2 saturated carbocycles. The highest BCUT2D eigenvalue weighted by Gasteiger charge is 2.64. The van der Waals surface area contributed by atoms with Gasteiger partial charge in [-0.2, -0.15) is 0 Å². The summed E-state index contributed by atoms with van der Waals surface area (Å²) in [6.07, 6.45) is 13.7. The molecule has 0 aromatic carbocycles. The predicted molar refractivity (Wildman–Crippen MR) is 116 cm³/mol. The number of amides is 2. The van der Waals surface area contributed by atoms with Gasteiger partial charge in [0.25, 0.3) is 5.91 Å². The van der Waals surface area contributed by atoms with Crippen LogP contribution in [-0.2, 0) is 4.79 Å². The van der Waals surface area contributed by atoms with Gasteiger partial charge in [-0.15, -0.1) is 0 Å². The number of aromatic nitrogens is 2. The molecule has 1 N–H and O–H groups in total. The fourth-order valence-electron chi connectivity index (χ4n) is 5.79. The van der Waals surface area contributed by atoms with Gasteiger partial charge in [0.15, 0.2) is 0 Å². The second-order valence-electron chi connectivity index (χ2n) is 9.69. The van der Waals surface area contributed by atoms with Crippen LogP contribution in [0, 0.1) is 16.7 Å². The number of anilines is 1. The Morgan fingerprint density at radius 1 is 1.33 bits per heavy atom. The van der Waals surface area contributed by atoms with E-state index in [2.05, 4.69) is 29.4 Å². The lowest BCUT2D eigenvalue weighted by atomic mass is 9.72. The van der Waals surface area contributed by atoms with E-state index in [1.165, 1.54) is 12.8 Å². The average Bonchev–Trinajstić information content (AvgIpc) is 3.08. The Bertz CT molecular complexity index is 1040. The van der Waals surface area contributed by atoms with Crippen molar-refractivity contribution in [1.29, 1.82) is 0 Å². The second-order valence-corrected chi connectivity index (χ2v) is 9.69. The molecule has 6 heteroatoms. The second kappa shape index (κ2) is 6.96. The number of hydrogen-bond acceptors (Lipinski definition) is 3. The van der Waals surface area contributed by atoms with Crippen molar-refractivity contribution in [3.8, 4) is 0 Å². The topological polar surface area (TPSA) is 66.7 Å². The van der Waals surface area contributed by atoms with Crippen LogP contribution in [0.1, 0.15) is 62.4 Å². The number of carbonyl (C=O) groups is 2. The third kappa shape index (κ3) is 3.22. The summed E-state index contributed by atoms with van der Waals surface area (Å²) in [4.78, 5) is 31.8. The van der Waals surface area contributed by atoms with Crippen LogP contribution in [0.4, 0.5) is 5.82 Å². The SMILES string of the molecule is CCCCN(C)C(=O)c1cn2c(NC(=O)CC34CC=CC5(CC5C3)C4)cccc2n1. The predicted octanol–water partition coefficient (Wildman–Crippen LogP) is 4.28. The quantitative estimate of drug-likeness (QED) is 0.698.